The van der Waals surface area contributed by atoms with Gasteiger partial charge in [-0.3, -0.25) is 4.79 Å². The first-order valence-corrected chi connectivity index (χ1v) is 14.4. The maximum atomic E-state index is 11.9. The molecule has 0 heterocycles. The highest BCUT2D eigenvalue weighted by molar-refractivity contribution is 7.80. The SMILES string of the molecule is CCN(C[C@@H]1CC[C@H]1C/C=C/C(O)CCS)c1cc(C(N)=O)ccc1OCCCCc1cccc(Cl)c1. The van der Waals surface area contributed by atoms with Gasteiger partial charge in [0, 0.05) is 23.7 Å². The summed E-state index contributed by atoms with van der Waals surface area (Å²) in [6.07, 6.45) is 10.5. The van der Waals surface area contributed by atoms with Crippen molar-refractivity contribution in [2.24, 2.45) is 17.6 Å². The van der Waals surface area contributed by atoms with E-state index in [1.807, 2.05) is 36.4 Å². The van der Waals surface area contributed by atoms with E-state index < -0.39 is 12.0 Å². The lowest BCUT2D eigenvalue weighted by molar-refractivity contribution is 0.1000. The standard InChI is InChI=1S/C30H41ClN2O3S/c1-2-33(21-25-13-12-23(25)9-6-11-27(34)16-18-37)28-20-24(30(32)35)14-15-29(28)36-17-4-3-7-22-8-5-10-26(31)19-22/h5-6,8,10-11,14-15,19-20,23,25,27,34,37H,2-4,7,9,12-13,16-18,21H2,1H3,(H2,32,35)/b11-6+/t23-,25+,27?/m1/s1. The number of hydrogen-bond acceptors (Lipinski definition) is 5. The molecule has 1 aliphatic carbocycles. The highest BCUT2D eigenvalue weighted by Gasteiger charge is 2.31. The summed E-state index contributed by atoms with van der Waals surface area (Å²) < 4.78 is 6.23. The van der Waals surface area contributed by atoms with Crippen LogP contribution in [0.15, 0.2) is 54.6 Å². The number of rotatable bonds is 16. The molecule has 0 bridgehead atoms. The van der Waals surface area contributed by atoms with Crippen molar-refractivity contribution < 1.29 is 14.6 Å². The predicted octanol–water partition coefficient (Wildman–Crippen LogP) is 6.32. The molecule has 1 unspecified atom stereocenters. The average Bonchev–Trinajstić information content (AvgIpc) is 2.86. The lowest BCUT2D eigenvalue weighted by atomic mass is 9.71. The van der Waals surface area contributed by atoms with Gasteiger partial charge in [0.2, 0.25) is 5.91 Å². The Balaban J connectivity index is 1.59. The van der Waals surface area contributed by atoms with Crippen LogP contribution in [0, 0.1) is 11.8 Å². The molecule has 0 aromatic heterocycles. The van der Waals surface area contributed by atoms with E-state index >= 15 is 0 Å². The van der Waals surface area contributed by atoms with Crippen LogP contribution < -0.4 is 15.4 Å². The topological polar surface area (TPSA) is 75.8 Å². The summed E-state index contributed by atoms with van der Waals surface area (Å²) in [5, 5.41) is 10.7. The maximum Gasteiger partial charge on any atom is 0.248 e. The van der Waals surface area contributed by atoms with Crippen molar-refractivity contribution in [1.82, 2.24) is 0 Å². The molecule has 37 heavy (non-hydrogen) atoms. The second kappa shape index (κ2) is 15.3. The summed E-state index contributed by atoms with van der Waals surface area (Å²) in [7, 11) is 0. The Morgan fingerprint density at radius 1 is 1.24 bits per heavy atom. The number of thiol groups is 1. The number of primary amides is 1. The number of hydrogen-bond donors (Lipinski definition) is 3. The average molecular weight is 545 g/mol. The number of carbonyl (C=O) groups is 1. The van der Waals surface area contributed by atoms with Gasteiger partial charge in [0.25, 0.3) is 0 Å². The Kier molecular flexibility index (Phi) is 12.2. The maximum absolute atomic E-state index is 11.9. The highest BCUT2D eigenvalue weighted by Crippen LogP contribution is 2.40. The molecule has 3 rings (SSSR count). The van der Waals surface area contributed by atoms with Crippen molar-refractivity contribution in [3.63, 3.8) is 0 Å². The Morgan fingerprint density at radius 2 is 2.05 bits per heavy atom. The van der Waals surface area contributed by atoms with Crippen LogP contribution in [0.2, 0.25) is 5.02 Å². The Labute approximate surface area is 232 Å². The number of aryl methyl sites for hydroxylation is 1. The van der Waals surface area contributed by atoms with Gasteiger partial charge in [-0.15, -0.1) is 0 Å². The van der Waals surface area contributed by atoms with Crippen LogP contribution in [0.3, 0.4) is 0 Å². The molecule has 3 atom stereocenters. The molecule has 1 fully saturated rings. The molecular weight excluding hydrogens is 504 g/mol. The zero-order chi connectivity index (χ0) is 26.6. The zero-order valence-electron chi connectivity index (χ0n) is 21.8. The second-order valence-electron chi connectivity index (χ2n) is 9.86. The second-order valence-corrected chi connectivity index (χ2v) is 10.7. The first-order valence-electron chi connectivity index (χ1n) is 13.4. The fourth-order valence-corrected chi connectivity index (χ4v) is 5.33. The molecule has 202 valence electrons. The monoisotopic (exact) mass is 544 g/mol. The number of aliphatic hydroxyl groups is 1. The Bertz CT molecular complexity index is 1030. The number of carbonyl (C=O) groups excluding carboxylic acids is 1. The molecule has 0 radical (unpaired) electrons. The molecule has 7 heteroatoms. The smallest absolute Gasteiger partial charge is 0.248 e. The van der Waals surface area contributed by atoms with Gasteiger partial charge in [0.05, 0.1) is 18.4 Å². The highest BCUT2D eigenvalue weighted by atomic mass is 35.5. The molecule has 0 spiro atoms. The van der Waals surface area contributed by atoms with Crippen LogP contribution in [-0.4, -0.2) is 42.6 Å². The van der Waals surface area contributed by atoms with Gasteiger partial charge >= 0.3 is 0 Å². The summed E-state index contributed by atoms with van der Waals surface area (Å²) in [5.41, 5.74) is 8.26. The molecular formula is C30H41ClN2O3S. The van der Waals surface area contributed by atoms with E-state index in [0.29, 0.717) is 36.2 Å². The van der Waals surface area contributed by atoms with Crippen molar-refractivity contribution in [3.8, 4) is 5.75 Å². The summed E-state index contributed by atoms with van der Waals surface area (Å²) >= 11 is 10.3. The number of nitrogens with zero attached hydrogens (tertiary/aromatic N) is 1. The quantitative estimate of drug-likeness (QED) is 0.131. The van der Waals surface area contributed by atoms with Crippen LogP contribution in [0.5, 0.6) is 5.75 Å². The number of aliphatic hydroxyl groups excluding tert-OH is 1. The van der Waals surface area contributed by atoms with Crippen molar-refractivity contribution in [1.29, 1.82) is 0 Å². The lowest BCUT2D eigenvalue weighted by Crippen LogP contribution is -2.38. The predicted molar refractivity (Wildman–Crippen MR) is 157 cm³/mol. The molecule has 1 aliphatic rings. The third-order valence-corrected chi connectivity index (χ3v) is 7.72. The number of ether oxygens (including phenoxy) is 1. The van der Waals surface area contributed by atoms with Crippen molar-refractivity contribution in [2.75, 3.05) is 30.3 Å². The van der Waals surface area contributed by atoms with Gasteiger partial charge in [-0.2, -0.15) is 12.6 Å². The summed E-state index contributed by atoms with van der Waals surface area (Å²) in [5.74, 6) is 2.20. The van der Waals surface area contributed by atoms with Gasteiger partial charge in [-0.1, -0.05) is 35.9 Å². The first kappa shape index (κ1) is 29.4. The minimum absolute atomic E-state index is 0.412. The number of nitrogens with two attached hydrogens (primary N) is 1. The largest absolute Gasteiger partial charge is 0.491 e. The number of anilines is 1. The molecule has 1 amide bonds. The van der Waals surface area contributed by atoms with Crippen LogP contribution in [0.1, 0.15) is 61.4 Å². The van der Waals surface area contributed by atoms with E-state index in [-0.39, 0.29) is 0 Å². The third-order valence-electron chi connectivity index (χ3n) is 7.22. The van der Waals surface area contributed by atoms with Gasteiger partial charge in [-0.25, -0.2) is 0 Å². The fourth-order valence-electron chi connectivity index (χ4n) is 4.85. The van der Waals surface area contributed by atoms with Gasteiger partial charge in [-0.05, 0) is 105 Å². The molecule has 3 N–H and O–H groups in total. The molecule has 0 saturated heterocycles. The molecule has 2 aromatic rings. The minimum atomic E-state index is -0.434. The Morgan fingerprint density at radius 3 is 2.73 bits per heavy atom. The van der Waals surface area contributed by atoms with E-state index in [0.717, 1.165) is 55.2 Å². The number of benzene rings is 2. The van der Waals surface area contributed by atoms with Gasteiger partial charge < -0.3 is 20.5 Å². The third kappa shape index (κ3) is 9.27. The normalized spacial score (nSPS) is 17.9. The van der Waals surface area contributed by atoms with E-state index in [1.54, 1.807) is 6.07 Å². The van der Waals surface area contributed by atoms with Crippen molar-refractivity contribution >= 4 is 35.8 Å². The van der Waals surface area contributed by atoms with Crippen LogP contribution >= 0.6 is 24.2 Å². The first-order chi connectivity index (χ1) is 17.9. The van der Waals surface area contributed by atoms with Crippen molar-refractivity contribution in [2.45, 2.75) is 58.0 Å². The lowest BCUT2D eigenvalue weighted by Gasteiger charge is -2.40. The summed E-state index contributed by atoms with van der Waals surface area (Å²) in [6.45, 7) is 4.45. The number of allylic oxidation sites excluding steroid dienone is 1. The molecule has 2 aromatic carbocycles. The van der Waals surface area contributed by atoms with Crippen LogP contribution in [0.25, 0.3) is 0 Å². The zero-order valence-corrected chi connectivity index (χ0v) is 23.5. The number of amides is 1. The van der Waals surface area contributed by atoms with Gasteiger partial charge in [0.1, 0.15) is 5.75 Å². The number of unbranched alkanes of at least 4 members (excludes halogenated alkanes) is 1. The minimum Gasteiger partial charge on any atom is -0.491 e. The van der Waals surface area contributed by atoms with Crippen LogP contribution in [0.4, 0.5) is 5.69 Å². The van der Waals surface area contributed by atoms with Gasteiger partial charge in [0.15, 0.2) is 0 Å². The van der Waals surface area contributed by atoms with E-state index in [1.165, 1.54) is 18.4 Å². The van der Waals surface area contributed by atoms with Crippen LogP contribution in [-0.2, 0) is 6.42 Å². The summed E-state index contributed by atoms with van der Waals surface area (Å²) in [6, 6.07) is 13.5. The fraction of sp³-hybridized carbons (Fsp3) is 0.500. The summed E-state index contributed by atoms with van der Waals surface area (Å²) in [4.78, 5) is 14.2. The number of halogens is 1. The van der Waals surface area contributed by atoms with E-state index in [2.05, 4.69) is 36.6 Å². The van der Waals surface area contributed by atoms with E-state index in [4.69, 9.17) is 22.1 Å². The Hall–Kier alpha value is -2.15. The van der Waals surface area contributed by atoms with E-state index in [9.17, 15) is 9.90 Å². The molecule has 5 nitrogen and oxygen atoms in total. The molecule has 0 aliphatic heterocycles. The molecule has 1 saturated carbocycles. The van der Waals surface area contributed by atoms with Crippen molar-refractivity contribution in [3.05, 3.63) is 70.8 Å².